The highest BCUT2D eigenvalue weighted by Crippen LogP contribution is 2.68. The van der Waals surface area contributed by atoms with Crippen molar-refractivity contribution in [1.29, 1.82) is 0 Å². The summed E-state index contributed by atoms with van der Waals surface area (Å²) in [7, 11) is 0. The number of hydrogen-bond donors (Lipinski definition) is 1. The van der Waals surface area contributed by atoms with Gasteiger partial charge in [-0.2, -0.15) is 0 Å². The van der Waals surface area contributed by atoms with Gasteiger partial charge in [0.25, 0.3) is 0 Å². The molecule has 4 aliphatic rings. The number of carbonyl (C=O) groups excluding carboxylic acids is 1. The van der Waals surface area contributed by atoms with Crippen molar-refractivity contribution >= 4 is 29.5 Å². The van der Waals surface area contributed by atoms with E-state index in [0.717, 1.165) is 58.1 Å². The molecule has 0 amide bonds. The highest BCUT2D eigenvalue weighted by Gasteiger charge is 2.60. The summed E-state index contributed by atoms with van der Waals surface area (Å²) in [5, 5.41) is 11.4. The Bertz CT molecular complexity index is 1810. The Morgan fingerprint density at radius 2 is 1.17 bits per heavy atom. The molecule has 4 fully saturated rings. The minimum atomic E-state index is -0.225. The van der Waals surface area contributed by atoms with Crippen LogP contribution in [0.1, 0.15) is 217 Å². The van der Waals surface area contributed by atoms with Crippen molar-refractivity contribution < 1.29 is 14.6 Å². The molecule has 0 spiro atoms. The number of fused-ring (bicyclic) bond motifs is 5. The summed E-state index contributed by atoms with van der Waals surface area (Å²) in [4.78, 5) is 16.5. The molecule has 4 aliphatic carbocycles. The molecule has 0 aliphatic heterocycles. The van der Waals surface area contributed by atoms with E-state index in [1.165, 1.54) is 74.0 Å². The van der Waals surface area contributed by atoms with Crippen molar-refractivity contribution in [2.45, 2.75) is 230 Å². The molecule has 5 heteroatoms. The van der Waals surface area contributed by atoms with E-state index in [9.17, 15) is 9.90 Å². The van der Waals surface area contributed by atoms with E-state index in [-0.39, 0.29) is 31.7 Å². The topological polar surface area (TPSA) is 46.5 Å². The molecule has 4 saturated carbocycles. The maximum atomic E-state index is 14.1. The predicted octanol–water partition coefficient (Wildman–Crippen LogP) is 16.6. The average Bonchev–Trinajstić information content (AvgIpc) is 3.46. The van der Waals surface area contributed by atoms with E-state index in [2.05, 4.69) is 142 Å². The summed E-state index contributed by atoms with van der Waals surface area (Å²) in [6, 6.07) is 8.98. The van der Waals surface area contributed by atoms with Crippen LogP contribution in [0, 0.1) is 46.3 Å². The number of ether oxygens (including phenoxy) is 1. The number of phenolic OH excluding ortho intramolecular Hbond substituents is 1. The molecule has 60 heavy (non-hydrogen) atoms. The molecule has 3 nitrogen and oxygen atoms in total. The Hall–Kier alpha value is -1.59. The zero-order valence-electron chi connectivity index (χ0n) is 41.3. The van der Waals surface area contributed by atoms with E-state index in [0.29, 0.717) is 34.8 Å². The Morgan fingerprint density at radius 1 is 0.667 bits per heavy atom. The fourth-order valence-corrected chi connectivity index (χ4v) is 15.9. The largest absolute Gasteiger partial charge is 0.507 e. The molecular weight excluding hydrogens is 773 g/mol. The smallest absolute Gasteiger partial charge is 0.311 e. The van der Waals surface area contributed by atoms with E-state index in [1.807, 2.05) is 23.5 Å². The van der Waals surface area contributed by atoms with E-state index < -0.39 is 0 Å². The lowest BCUT2D eigenvalue weighted by Gasteiger charge is -2.61. The highest BCUT2D eigenvalue weighted by molar-refractivity contribution is 8.18. The van der Waals surface area contributed by atoms with Gasteiger partial charge in [-0.25, -0.2) is 0 Å². The quantitative estimate of drug-likeness (QED) is 0.118. The number of benzene rings is 2. The second-order valence-corrected chi connectivity index (χ2v) is 29.1. The Morgan fingerprint density at radius 3 is 1.68 bits per heavy atom. The predicted molar refractivity (Wildman–Crippen MR) is 259 cm³/mol. The third-order valence-corrected chi connectivity index (χ3v) is 18.9. The Kier molecular flexibility index (Phi) is 13.4. The fourth-order valence-electron chi connectivity index (χ4n) is 13.3. The fraction of sp³-hybridized carbons (Fsp3) is 0.764. The summed E-state index contributed by atoms with van der Waals surface area (Å²) >= 11 is 3.72. The summed E-state index contributed by atoms with van der Waals surface area (Å²) in [6.07, 6.45) is 15.7. The van der Waals surface area contributed by atoms with Gasteiger partial charge in [-0.05, 0) is 164 Å². The maximum Gasteiger partial charge on any atom is 0.311 e. The second kappa shape index (κ2) is 16.8. The van der Waals surface area contributed by atoms with E-state index in [1.54, 1.807) is 0 Å². The summed E-state index contributed by atoms with van der Waals surface area (Å²) in [5.74, 6) is 6.00. The van der Waals surface area contributed by atoms with Gasteiger partial charge in [0.15, 0.2) is 0 Å². The van der Waals surface area contributed by atoms with Crippen molar-refractivity contribution in [3.8, 4) is 11.5 Å². The third-order valence-electron chi connectivity index (χ3n) is 16.5. The van der Waals surface area contributed by atoms with Gasteiger partial charge in [0.2, 0.25) is 0 Å². The van der Waals surface area contributed by atoms with Crippen LogP contribution in [-0.2, 0) is 26.5 Å². The molecule has 8 atom stereocenters. The van der Waals surface area contributed by atoms with E-state index in [4.69, 9.17) is 4.74 Å². The third kappa shape index (κ3) is 9.73. The Balaban J connectivity index is 1.19. The molecule has 2 aromatic rings. The first-order chi connectivity index (χ1) is 27.5. The van der Waals surface area contributed by atoms with Gasteiger partial charge in [-0.15, -0.1) is 23.5 Å². The van der Waals surface area contributed by atoms with Gasteiger partial charge in [0.05, 0.1) is 4.08 Å². The van der Waals surface area contributed by atoms with Crippen molar-refractivity contribution in [1.82, 2.24) is 0 Å². The molecule has 0 aromatic heterocycles. The van der Waals surface area contributed by atoms with Gasteiger partial charge in [0.1, 0.15) is 11.5 Å². The van der Waals surface area contributed by atoms with Crippen LogP contribution in [0.5, 0.6) is 11.5 Å². The molecule has 0 bridgehead atoms. The minimum Gasteiger partial charge on any atom is -0.507 e. The SMILES string of the molecule is CC(CCC(=O)Oc1c(C(C)(C)C)cc(SC(C)(C)Sc2cc(C(C)(C)C)c(O)c(C(C)(C)C)c2)cc1C(C)(C)C)C1CCC2C3CCC4CCCCC4(C)C3CCC12C. The number of thioether (sulfide) groups is 2. The lowest BCUT2D eigenvalue weighted by molar-refractivity contribution is -0.135. The summed E-state index contributed by atoms with van der Waals surface area (Å²) in [5.41, 5.74) is 4.34. The standard InChI is InChI=1S/C55H86O3S2/c1-34(39-24-25-40-38-23-22-35-20-18-19-28-54(35,16)41(38)27-29-55(39,40)17)21-26-46(56)58-48-44(51(8,9)10)32-37(33-45(48)52(11,12)13)60-53(14,15)59-36-30-42(49(2,3)4)47(57)43(31-36)50(5,6)7/h30-35,38-41,57H,18-29H2,1-17H3. The molecule has 336 valence electrons. The molecular formula is C55H86O3S2. The molecule has 6 rings (SSSR count). The van der Waals surface area contributed by atoms with Crippen LogP contribution in [0.2, 0.25) is 0 Å². The van der Waals surface area contributed by atoms with Crippen molar-refractivity contribution in [2.24, 2.45) is 46.3 Å². The van der Waals surface area contributed by atoms with Gasteiger partial charge in [-0.3, -0.25) is 4.79 Å². The molecule has 2 aromatic carbocycles. The summed E-state index contributed by atoms with van der Waals surface area (Å²) < 4.78 is 6.39. The molecule has 1 N–H and O–H groups in total. The molecule has 0 radical (unpaired) electrons. The highest BCUT2D eigenvalue weighted by atomic mass is 32.2. The van der Waals surface area contributed by atoms with E-state index >= 15 is 0 Å². The van der Waals surface area contributed by atoms with Gasteiger partial charge >= 0.3 is 5.97 Å². The lowest BCUT2D eigenvalue weighted by atomic mass is 9.44. The number of hydrogen-bond acceptors (Lipinski definition) is 5. The van der Waals surface area contributed by atoms with Crippen LogP contribution >= 0.6 is 23.5 Å². The number of aromatic hydroxyl groups is 1. The molecule has 8 unspecified atom stereocenters. The zero-order chi connectivity index (χ0) is 44.6. The lowest BCUT2D eigenvalue weighted by Crippen LogP contribution is -2.53. The Labute approximate surface area is 376 Å². The second-order valence-electron chi connectivity index (χ2n) is 25.4. The van der Waals surface area contributed by atoms with Crippen LogP contribution in [0.3, 0.4) is 0 Å². The van der Waals surface area contributed by atoms with Gasteiger partial charge < -0.3 is 9.84 Å². The number of phenols is 1. The summed E-state index contributed by atoms with van der Waals surface area (Å²) in [6.45, 7) is 38.9. The van der Waals surface area contributed by atoms with Crippen LogP contribution in [0.4, 0.5) is 0 Å². The first kappa shape index (κ1) is 47.9. The van der Waals surface area contributed by atoms with Crippen LogP contribution < -0.4 is 4.74 Å². The first-order valence-corrected chi connectivity index (χ1v) is 25.7. The van der Waals surface area contributed by atoms with Gasteiger partial charge in [-0.1, -0.05) is 117 Å². The molecule has 0 saturated heterocycles. The maximum absolute atomic E-state index is 14.1. The van der Waals surface area contributed by atoms with Crippen LogP contribution in [-0.4, -0.2) is 15.2 Å². The molecule has 0 heterocycles. The normalized spacial score (nSPS) is 29.4. The van der Waals surface area contributed by atoms with Crippen molar-refractivity contribution in [3.63, 3.8) is 0 Å². The van der Waals surface area contributed by atoms with Crippen LogP contribution in [0.25, 0.3) is 0 Å². The van der Waals surface area contributed by atoms with Gasteiger partial charge in [0, 0.05) is 38.5 Å². The monoisotopic (exact) mass is 859 g/mol. The number of esters is 1. The first-order valence-electron chi connectivity index (χ1n) is 24.1. The number of carbonyl (C=O) groups is 1. The minimum absolute atomic E-state index is 0.0854. The average molecular weight is 859 g/mol. The van der Waals surface area contributed by atoms with Crippen molar-refractivity contribution in [3.05, 3.63) is 46.5 Å². The zero-order valence-corrected chi connectivity index (χ0v) is 43.0. The van der Waals surface area contributed by atoms with Crippen LogP contribution in [0.15, 0.2) is 34.1 Å². The van der Waals surface area contributed by atoms with Crippen molar-refractivity contribution in [2.75, 3.05) is 0 Å². The number of rotatable bonds is 9.